The van der Waals surface area contributed by atoms with E-state index in [-0.39, 0.29) is 24.0 Å². The summed E-state index contributed by atoms with van der Waals surface area (Å²) in [4.78, 5) is 6.86. The van der Waals surface area contributed by atoms with Crippen LogP contribution < -0.4 is 16.0 Å². The molecule has 0 amide bonds. The molecule has 136 valence electrons. The lowest BCUT2D eigenvalue weighted by Crippen LogP contribution is -2.36. The van der Waals surface area contributed by atoms with Crippen molar-refractivity contribution in [3.05, 3.63) is 29.8 Å². The van der Waals surface area contributed by atoms with Crippen molar-refractivity contribution in [2.75, 3.05) is 37.7 Å². The lowest BCUT2D eigenvalue weighted by Gasteiger charge is -2.30. The standard InChI is InChI=1S/C18H30N4O.HI/c1-2-3-4-7-10-20-18(19)21-15-16-8-5-6-9-17(16)22-11-13-23-14-12-22;/h5-6,8-9H,2-4,7,10-15H2,1H3,(H3,19,20,21);1H. The van der Waals surface area contributed by atoms with Crippen LogP contribution in [0.4, 0.5) is 5.69 Å². The molecular formula is C18H31IN4O. The SMILES string of the molecule is CCCCCCNC(N)=NCc1ccccc1N1CCOCC1.I. The lowest BCUT2D eigenvalue weighted by molar-refractivity contribution is 0.122. The van der Waals surface area contributed by atoms with Gasteiger partial charge in [-0.25, -0.2) is 4.99 Å². The zero-order chi connectivity index (χ0) is 16.3. The van der Waals surface area contributed by atoms with E-state index in [0.29, 0.717) is 12.5 Å². The van der Waals surface area contributed by atoms with Gasteiger partial charge in [0, 0.05) is 25.3 Å². The molecule has 1 aliphatic heterocycles. The molecular weight excluding hydrogens is 415 g/mol. The van der Waals surface area contributed by atoms with E-state index in [2.05, 4.69) is 46.4 Å². The summed E-state index contributed by atoms with van der Waals surface area (Å²) < 4.78 is 5.43. The molecule has 0 saturated carbocycles. The first-order valence-corrected chi connectivity index (χ1v) is 8.75. The Hall–Kier alpha value is -1.02. The van der Waals surface area contributed by atoms with Crippen LogP contribution in [0, 0.1) is 0 Å². The minimum absolute atomic E-state index is 0. The third kappa shape index (κ3) is 7.25. The minimum Gasteiger partial charge on any atom is -0.378 e. The Balaban J connectivity index is 0.00000288. The van der Waals surface area contributed by atoms with E-state index < -0.39 is 0 Å². The molecule has 24 heavy (non-hydrogen) atoms. The molecule has 1 aliphatic rings. The van der Waals surface area contributed by atoms with Crippen LogP contribution >= 0.6 is 24.0 Å². The van der Waals surface area contributed by atoms with E-state index in [0.717, 1.165) is 39.3 Å². The zero-order valence-corrected chi connectivity index (χ0v) is 17.0. The number of ether oxygens (including phenoxy) is 1. The van der Waals surface area contributed by atoms with Crippen molar-refractivity contribution in [1.82, 2.24) is 5.32 Å². The summed E-state index contributed by atoms with van der Waals surface area (Å²) in [6.07, 6.45) is 4.93. The quantitative estimate of drug-likeness (QED) is 0.279. The van der Waals surface area contributed by atoms with E-state index in [1.165, 1.54) is 30.5 Å². The largest absolute Gasteiger partial charge is 0.378 e. The van der Waals surface area contributed by atoms with Crippen LogP contribution in [0.5, 0.6) is 0 Å². The summed E-state index contributed by atoms with van der Waals surface area (Å²) in [5, 5.41) is 3.20. The van der Waals surface area contributed by atoms with E-state index in [9.17, 15) is 0 Å². The Morgan fingerprint density at radius 1 is 1.21 bits per heavy atom. The van der Waals surface area contributed by atoms with Gasteiger partial charge in [0.1, 0.15) is 0 Å². The number of hydrogen-bond acceptors (Lipinski definition) is 3. The number of rotatable bonds is 8. The summed E-state index contributed by atoms with van der Waals surface area (Å²) in [6.45, 7) is 7.19. The average molecular weight is 446 g/mol. The van der Waals surface area contributed by atoms with Crippen LogP contribution in [0.15, 0.2) is 29.3 Å². The van der Waals surface area contributed by atoms with Crippen molar-refractivity contribution in [2.45, 2.75) is 39.2 Å². The Morgan fingerprint density at radius 2 is 1.96 bits per heavy atom. The van der Waals surface area contributed by atoms with Gasteiger partial charge < -0.3 is 20.7 Å². The van der Waals surface area contributed by atoms with Gasteiger partial charge in [-0.1, -0.05) is 44.4 Å². The first-order chi connectivity index (χ1) is 11.3. The number of halogens is 1. The van der Waals surface area contributed by atoms with E-state index in [4.69, 9.17) is 10.5 Å². The van der Waals surface area contributed by atoms with E-state index in [1.807, 2.05) is 0 Å². The van der Waals surface area contributed by atoms with Crippen LogP contribution in [-0.4, -0.2) is 38.8 Å². The van der Waals surface area contributed by atoms with Crippen LogP contribution in [0.25, 0.3) is 0 Å². The second-order valence-corrected chi connectivity index (χ2v) is 5.92. The molecule has 0 radical (unpaired) electrons. The highest BCUT2D eigenvalue weighted by Crippen LogP contribution is 2.22. The first kappa shape index (κ1) is 21.0. The summed E-state index contributed by atoms with van der Waals surface area (Å²) >= 11 is 0. The number of benzene rings is 1. The first-order valence-electron chi connectivity index (χ1n) is 8.75. The van der Waals surface area contributed by atoms with Crippen molar-refractivity contribution in [3.8, 4) is 0 Å². The minimum atomic E-state index is 0. The normalized spacial score (nSPS) is 15.0. The molecule has 6 heteroatoms. The molecule has 2 rings (SSSR count). The van der Waals surface area contributed by atoms with Crippen molar-refractivity contribution in [2.24, 2.45) is 10.7 Å². The summed E-state index contributed by atoms with van der Waals surface area (Å²) in [5.41, 5.74) is 8.43. The molecule has 1 aromatic carbocycles. The molecule has 0 aromatic heterocycles. The van der Waals surface area contributed by atoms with Gasteiger partial charge in [0.05, 0.1) is 19.8 Å². The highest BCUT2D eigenvalue weighted by Gasteiger charge is 2.13. The number of nitrogens with zero attached hydrogens (tertiary/aromatic N) is 2. The fourth-order valence-corrected chi connectivity index (χ4v) is 2.75. The van der Waals surface area contributed by atoms with Gasteiger partial charge >= 0.3 is 0 Å². The Kier molecular flexibility index (Phi) is 10.8. The van der Waals surface area contributed by atoms with Crippen molar-refractivity contribution >= 4 is 35.6 Å². The number of hydrogen-bond donors (Lipinski definition) is 2. The van der Waals surface area contributed by atoms with Gasteiger partial charge in [0.2, 0.25) is 0 Å². The van der Waals surface area contributed by atoms with Gasteiger partial charge in [0.15, 0.2) is 5.96 Å². The summed E-state index contributed by atoms with van der Waals surface area (Å²) in [7, 11) is 0. The van der Waals surface area contributed by atoms with Crippen LogP contribution in [0.3, 0.4) is 0 Å². The van der Waals surface area contributed by atoms with Gasteiger partial charge in [0.25, 0.3) is 0 Å². The molecule has 0 aliphatic carbocycles. The average Bonchev–Trinajstić information content (AvgIpc) is 2.61. The maximum atomic E-state index is 5.97. The molecule has 1 saturated heterocycles. The molecule has 1 heterocycles. The van der Waals surface area contributed by atoms with Crippen LogP contribution in [-0.2, 0) is 11.3 Å². The summed E-state index contributed by atoms with van der Waals surface area (Å²) in [5.74, 6) is 0.540. The number of anilines is 1. The van der Waals surface area contributed by atoms with Crippen molar-refractivity contribution < 1.29 is 4.74 Å². The predicted octanol–water partition coefficient (Wildman–Crippen LogP) is 3.13. The number of guanidine groups is 1. The number of unbranched alkanes of at least 4 members (excludes halogenated alkanes) is 3. The Labute approximate surface area is 163 Å². The second-order valence-electron chi connectivity index (χ2n) is 5.92. The van der Waals surface area contributed by atoms with Gasteiger partial charge in [-0.05, 0) is 18.1 Å². The summed E-state index contributed by atoms with van der Waals surface area (Å²) in [6, 6.07) is 8.42. The zero-order valence-electron chi connectivity index (χ0n) is 14.7. The second kappa shape index (κ2) is 12.4. The highest BCUT2D eigenvalue weighted by atomic mass is 127. The van der Waals surface area contributed by atoms with Crippen LogP contribution in [0.2, 0.25) is 0 Å². The fraction of sp³-hybridized carbons (Fsp3) is 0.611. The van der Waals surface area contributed by atoms with Gasteiger partial charge in [-0.2, -0.15) is 0 Å². The number of morpholine rings is 1. The topological polar surface area (TPSA) is 62.9 Å². The third-order valence-corrected chi connectivity index (χ3v) is 4.10. The molecule has 3 N–H and O–H groups in total. The van der Waals surface area contributed by atoms with Gasteiger partial charge in [-0.3, -0.25) is 0 Å². The smallest absolute Gasteiger partial charge is 0.188 e. The molecule has 0 bridgehead atoms. The Morgan fingerprint density at radius 3 is 2.71 bits per heavy atom. The number of para-hydroxylation sites is 1. The molecule has 0 spiro atoms. The molecule has 1 fully saturated rings. The predicted molar refractivity (Wildman–Crippen MR) is 112 cm³/mol. The fourth-order valence-electron chi connectivity index (χ4n) is 2.75. The number of nitrogens with two attached hydrogens (primary N) is 1. The van der Waals surface area contributed by atoms with E-state index in [1.54, 1.807) is 0 Å². The lowest BCUT2D eigenvalue weighted by atomic mass is 10.1. The monoisotopic (exact) mass is 446 g/mol. The third-order valence-electron chi connectivity index (χ3n) is 4.10. The van der Waals surface area contributed by atoms with Crippen LogP contribution in [0.1, 0.15) is 38.2 Å². The molecule has 0 atom stereocenters. The maximum Gasteiger partial charge on any atom is 0.188 e. The maximum absolute atomic E-state index is 5.97. The number of nitrogens with one attached hydrogen (secondary N) is 1. The van der Waals surface area contributed by atoms with E-state index >= 15 is 0 Å². The Bertz CT molecular complexity index is 490. The van der Waals surface area contributed by atoms with Crippen molar-refractivity contribution in [3.63, 3.8) is 0 Å². The molecule has 0 unspecified atom stereocenters. The highest BCUT2D eigenvalue weighted by molar-refractivity contribution is 14.0. The van der Waals surface area contributed by atoms with Crippen molar-refractivity contribution in [1.29, 1.82) is 0 Å². The molecule has 1 aromatic rings. The number of aliphatic imine (C=N–C) groups is 1. The molecule has 5 nitrogen and oxygen atoms in total. The van der Waals surface area contributed by atoms with Gasteiger partial charge in [-0.15, -0.1) is 24.0 Å².